The van der Waals surface area contributed by atoms with Crippen molar-refractivity contribution in [3.63, 3.8) is 0 Å². The first-order chi connectivity index (χ1) is 17.9. The quantitative estimate of drug-likeness (QED) is 0.420. The van der Waals surface area contributed by atoms with Gasteiger partial charge in [-0.2, -0.15) is 5.10 Å². The number of nitrogens with one attached hydrogen (secondary N) is 1. The monoisotopic (exact) mass is 499 g/mol. The number of benzene rings is 2. The number of aromatic nitrogens is 4. The van der Waals surface area contributed by atoms with E-state index in [-0.39, 0.29) is 11.8 Å². The number of carbonyl (C=O) groups is 2. The number of amides is 2. The van der Waals surface area contributed by atoms with Gasteiger partial charge in [0.15, 0.2) is 5.69 Å². The van der Waals surface area contributed by atoms with Crippen LogP contribution < -0.4 is 15.0 Å². The van der Waals surface area contributed by atoms with Gasteiger partial charge in [0, 0.05) is 50.0 Å². The summed E-state index contributed by atoms with van der Waals surface area (Å²) >= 11 is 0. The fourth-order valence-electron chi connectivity index (χ4n) is 4.55. The molecule has 4 aromatic rings. The molecule has 0 bridgehead atoms. The smallest absolute Gasteiger partial charge is 0.277 e. The molecule has 10 nitrogen and oxygen atoms in total. The second-order valence-electron chi connectivity index (χ2n) is 8.95. The number of methoxy groups -OCH3 is 1. The van der Waals surface area contributed by atoms with E-state index in [4.69, 9.17) is 4.74 Å². The lowest BCUT2D eigenvalue weighted by molar-refractivity contribution is 0.0820. The van der Waals surface area contributed by atoms with Gasteiger partial charge in [-0.15, -0.1) is 0 Å². The lowest BCUT2D eigenvalue weighted by atomic mass is 10.0. The maximum absolute atomic E-state index is 13.9. The van der Waals surface area contributed by atoms with Gasteiger partial charge >= 0.3 is 0 Å². The van der Waals surface area contributed by atoms with Crippen molar-refractivity contribution in [3.05, 3.63) is 83.7 Å². The van der Waals surface area contributed by atoms with Crippen LogP contribution in [0.2, 0.25) is 0 Å². The van der Waals surface area contributed by atoms with E-state index < -0.39 is 0 Å². The molecule has 5 rings (SSSR count). The van der Waals surface area contributed by atoms with Crippen LogP contribution in [0.4, 0.5) is 5.69 Å². The number of ether oxygens (including phenoxy) is 1. The van der Waals surface area contributed by atoms with Crippen molar-refractivity contribution in [2.24, 2.45) is 0 Å². The Balaban J connectivity index is 1.52. The fourth-order valence-corrected chi connectivity index (χ4v) is 4.55. The van der Waals surface area contributed by atoms with E-state index in [1.54, 1.807) is 49.1 Å². The van der Waals surface area contributed by atoms with E-state index in [2.05, 4.69) is 15.4 Å². The molecule has 10 heteroatoms. The number of hydrogen-bond donors (Lipinski definition) is 1. The van der Waals surface area contributed by atoms with Crippen LogP contribution in [0, 0.1) is 0 Å². The van der Waals surface area contributed by atoms with Crippen molar-refractivity contribution in [3.8, 4) is 17.1 Å². The zero-order valence-corrected chi connectivity index (χ0v) is 21.3. The highest BCUT2D eigenvalue weighted by molar-refractivity contribution is 6.09. The maximum atomic E-state index is 13.9. The molecule has 1 aliphatic rings. The first kappa shape index (κ1) is 24.3. The molecule has 3 heterocycles. The Morgan fingerprint density at radius 1 is 1.05 bits per heavy atom. The third-order valence-corrected chi connectivity index (χ3v) is 6.43. The van der Waals surface area contributed by atoms with Gasteiger partial charge < -0.3 is 24.4 Å². The van der Waals surface area contributed by atoms with E-state index in [1.807, 2.05) is 54.2 Å². The zero-order valence-electron chi connectivity index (χ0n) is 21.3. The van der Waals surface area contributed by atoms with E-state index in [0.717, 1.165) is 17.2 Å². The van der Waals surface area contributed by atoms with Crippen LogP contribution >= 0.6 is 0 Å². The molecule has 0 radical (unpaired) electrons. The van der Waals surface area contributed by atoms with Crippen LogP contribution in [0.25, 0.3) is 11.4 Å². The number of rotatable bonds is 7. The Morgan fingerprint density at radius 3 is 2.38 bits per heavy atom. The first-order valence-electron chi connectivity index (χ1n) is 12.0. The molecule has 0 saturated carbocycles. The van der Waals surface area contributed by atoms with Gasteiger partial charge in [-0.25, -0.2) is 9.67 Å². The second kappa shape index (κ2) is 9.90. The Morgan fingerprint density at radius 2 is 1.73 bits per heavy atom. The highest BCUT2D eigenvalue weighted by Crippen LogP contribution is 2.30. The molecule has 190 valence electrons. The van der Waals surface area contributed by atoms with Crippen LogP contribution in [-0.4, -0.2) is 70.8 Å². The van der Waals surface area contributed by atoms with E-state index in [9.17, 15) is 9.59 Å². The summed E-state index contributed by atoms with van der Waals surface area (Å²) in [7, 11) is 6.84. The molecule has 0 spiro atoms. The number of anilines is 1. The zero-order chi connectivity index (χ0) is 26.1. The van der Waals surface area contributed by atoms with Gasteiger partial charge in [0.1, 0.15) is 17.3 Å². The molecule has 1 N–H and O–H groups in total. The van der Waals surface area contributed by atoms with Crippen molar-refractivity contribution in [2.45, 2.75) is 13.0 Å². The Labute approximate surface area is 215 Å². The normalized spacial score (nSPS) is 13.0. The van der Waals surface area contributed by atoms with Crippen molar-refractivity contribution >= 4 is 17.5 Å². The minimum atomic E-state index is -0.230. The van der Waals surface area contributed by atoms with Gasteiger partial charge in [-0.05, 0) is 62.0 Å². The molecule has 0 atom stereocenters. The summed E-state index contributed by atoms with van der Waals surface area (Å²) in [6, 6.07) is 15.1. The molecule has 37 heavy (non-hydrogen) atoms. The highest BCUT2D eigenvalue weighted by Gasteiger charge is 2.35. The van der Waals surface area contributed by atoms with Crippen molar-refractivity contribution < 1.29 is 14.3 Å². The minimum absolute atomic E-state index is 0.200. The standard InChI is InChI=1S/C27H29N7O3/c1-28-17-23-29-14-16-32(23)18-5-7-19(8-6-18)33-15-13-22-24(26(35)31(2)3)30-34(25(22)27(33)36)20-9-11-21(37-4)12-10-20/h5-12,14,16,28H,13,15,17H2,1-4H3. The minimum Gasteiger partial charge on any atom is -0.497 e. The summed E-state index contributed by atoms with van der Waals surface area (Å²) < 4.78 is 8.85. The molecule has 0 aliphatic carbocycles. The third-order valence-electron chi connectivity index (χ3n) is 6.43. The summed E-state index contributed by atoms with van der Waals surface area (Å²) in [6.07, 6.45) is 4.20. The number of fused-ring (bicyclic) bond motifs is 1. The predicted molar refractivity (Wildman–Crippen MR) is 140 cm³/mol. The molecule has 2 aromatic heterocycles. The van der Waals surface area contributed by atoms with Crippen LogP contribution in [0.3, 0.4) is 0 Å². The van der Waals surface area contributed by atoms with Crippen molar-refractivity contribution in [2.75, 3.05) is 39.7 Å². The van der Waals surface area contributed by atoms with Crippen LogP contribution in [0.1, 0.15) is 32.4 Å². The lowest BCUT2D eigenvalue weighted by Gasteiger charge is -2.28. The SMILES string of the molecule is CNCc1nccn1-c1ccc(N2CCc3c(C(=O)N(C)C)nn(-c4ccc(OC)cc4)c3C2=O)cc1. The Hall–Kier alpha value is -4.44. The van der Waals surface area contributed by atoms with E-state index in [0.29, 0.717) is 47.9 Å². The Bertz CT molecular complexity index is 1440. The van der Waals surface area contributed by atoms with Crippen LogP contribution in [-0.2, 0) is 13.0 Å². The number of hydrogen-bond acceptors (Lipinski definition) is 6. The van der Waals surface area contributed by atoms with Gasteiger partial charge in [-0.1, -0.05) is 0 Å². The topological polar surface area (TPSA) is 97.5 Å². The van der Waals surface area contributed by atoms with Gasteiger partial charge in [0.05, 0.1) is 19.3 Å². The molecular weight excluding hydrogens is 470 g/mol. The summed E-state index contributed by atoms with van der Waals surface area (Å²) in [5, 5.41) is 7.74. The molecule has 2 aromatic carbocycles. The average molecular weight is 500 g/mol. The molecule has 0 saturated heterocycles. The van der Waals surface area contributed by atoms with Crippen molar-refractivity contribution in [1.82, 2.24) is 29.5 Å². The predicted octanol–water partition coefficient (Wildman–Crippen LogP) is 2.69. The third kappa shape index (κ3) is 4.36. The van der Waals surface area contributed by atoms with Gasteiger partial charge in [0.2, 0.25) is 0 Å². The van der Waals surface area contributed by atoms with Crippen LogP contribution in [0.5, 0.6) is 5.75 Å². The number of carbonyl (C=O) groups excluding carboxylic acids is 2. The first-order valence-corrected chi connectivity index (χ1v) is 12.0. The van der Waals surface area contributed by atoms with E-state index >= 15 is 0 Å². The molecule has 2 amide bonds. The lowest BCUT2D eigenvalue weighted by Crippen LogP contribution is -2.39. The van der Waals surface area contributed by atoms with Gasteiger partial charge in [0.25, 0.3) is 11.8 Å². The summed E-state index contributed by atoms with van der Waals surface area (Å²) in [4.78, 5) is 34.4. The second-order valence-corrected chi connectivity index (χ2v) is 8.95. The van der Waals surface area contributed by atoms with E-state index in [1.165, 1.54) is 4.90 Å². The summed E-state index contributed by atoms with van der Waals surface area (Å²) in [5.41, 5.74) is 3.78. The summed E-state index contributed by atoms with van der Waals surface area (Å²) in [5.74, 6) is 1.16. The number of nitrogens with zero attached hydrogens (tertiary/aromatic N) is 6. The largest absolute Gasteiger partial charge is 0.497 e. The van der Waals surface area contributed by atoms with Gasteiger partial charge in [-0.3, -0.25) is 9.59 Å². The van der Waals surface area contributed by atoms with Crippen molar-refractivity contribution in [1.29, 1.82) is 0 Å². The molecule has 0 unspecified atom stereocenters. The average Bonchev–Trinajstić information content (AvgIpc) is 3.54. The molecular formula is C27H29N7O3. The summed E-state index contributed by atoms with van der Waals surface area (Å²) in [6.45, 7) is 1.09. The molecule has 0 fully saturated rings. The fraction of sp³-hybridized carbons (Fsp3) is 0.259. The number of imidazole rings is 1. The molecule has 1 aliphatic heterocycles. The van der Waals surface area contributed by atoms with Crippen LogP contribution in [0.15, 0.2) is 60.9 Å². The highest BCUT2D eigenvalue weighted by atomic mass is 16.5. The Kier molecular flexibility index (Phi) is 6.49. The maximum Gasteiger partial charge on any atom is 0.277 e.